The second-order valence-corrected chi connectivity index (χ2v) is 4.60. The van der Waals surface area contributed by atoms with E-state index in [-0.39, 0.29) is 17.6 Å². The molecule has 6 heteroatoms. The van der Waals surface area contributed by atoms with E-state index >= 15 is 0 Å². The van der Waals surface area contributed by atoms with Crippen molar-refractivity contribution < 1.29 is 9.21 Å². The first-order valence-corrected chi connectivity index (χ1v) is 6.39. The molecule has 6 nitrogen and oxygen atoms in total. The third kappa shape index (κ3) is 2.96. The summed E-state index contributed by atoms with van der Waals surface area (Å²) in [5.74, 6) is 1.93. The zero-order valence-electron chi connectivity index (χ0n) is 12.0. The highest BCUT2D eigenvalue weighted by Gasteiger charge is 2.17. The molecule has 0 saturated carbocycles. The first-order valence-electron chi connectivity index (χ1n) is 6.39. The van der Waals surface area contributed by atoms with Gasteiger partial charge in [0.1, 0.15) is 23.0 Å². The van der Waals surface area contributed by atoms with Crippen LogP contribution in [0.2, 0.25) is 0 Å². The quantitative estimate of drug-likeness (QED) is 0.893. The predicted octanol–water partition coefficient (Wildman–Crippen LogP) is 2.22. The Morgan fingerprint density at radius 1 is 1.35 bits per heavy atom. The van der Waals surface area contributed by atoms with E-state index in [1.54, 1.807) is 13.2 Å². The summed E-state index contributed by atoms with van der Waals surface area (Å²) >= 11 is 0. The van der Waals surface area contributed by atoms with Gasteiger partial charge < -0.3 is 15.1 Å². The number of hydrogen-bond acceptors (Lipinski definition) is 5. The van der Waals surface area contributed by atoms with Gasteiger partial charge in [-0.05, 0) is 26.8 Å². The minimum absolute atomic E-state index is 0.153. The molecule has 0 radical (unpaired) electrons. The number of aromatic nitrogens is 2. The van der Waals surface area contributed by atoms with Crippen molar-refractivity contribution in [3.05, 3.63) is 41.2 Å². The van der Waals surface area contributed by atoms with Crippen LogP contribution in [0.1, 0.15) is 40.5 Å². The summed E-state index contributed by atoms with van der Waals surface area (Å²) in [4.78, 5) is 20.3. The molecular formula is C14H18N4O2. The number of nitrogens with zero attached hydrogens (tertiary/aromatic N) is 2. The molecule has 1 unspecified atom stereocenters. The molecule has 2 N–H and O–H groups in total. The van der Waals surface area contributed by atoms with Crippen LogP contribution in [0.25, 0.3) is 0 Å². The van der Waals surface area contributed by atoms with Crippen LogP contribution in [-0.4, -0.2) is 22.9 Å². The lowest BCUT2D eigenvalue weighted by molar-refractivity contribution is 0.0934. The van der Waals surface area contributed by atoms with Gasteiger partial charge in [-0.3, -0.25) is 9.78 Å². The summed E-state index contributed by atoms with van der Waals surface area (Å²) in [6.07, 6.45) is 3.00. The molecule has 0 bridgehead atoms. The Bertz CT molecular complexity index is 621. The van der Waals surface area contributed by atoms with Crippen molar-refractivity contribution in [1.82, 2.24) is 15.3 Å². The highest BCUT2D eigenvalue weighted by Crippen LogP contribution is 2.21. The average Bonchev–Trinajstić information content (AvgIpc) is 2.77. The van der Waals surface area contributed by atoms with Crippen molar-refractivity contribution in [3.8, 4) is 0 Å². The van der Waals surface area contributed by atoms with E-state index in [1.807, 2.05) is 26.8 Å². The number of rotatable bonds is 4. The summed E-state index contributed by atoms with van der Waals surface area (Å²) < 4.78 is 5.47. The molecule has 20 heavy (non-hydrogen) atoms. The van der Waals surface area contributed by atoms with Crippen LogP contribution >= 0.6 is 0 Å². The molecule has 0 fully saturated rings. The van der Waals surface area contributed by atoms with Gasteiger partial charge in [-0.1, -0.05) is 0 Å². The zero-order valence-corrected chi connectivity index (χ0v) is 12.0. The minimum Gasteiger partial charge on any atom is -0.466 e. The molecule has 2 aromatic rings. The van der Waals surface area contributed by atoms with Gasteiger partial charge in [-0.15, -0.1) is 0 Å². The Balaban J connectivity index is 2.12. The number of nitrogens with one attached hydrogen (secondary N) is 2. The third-order valence-electron chi connectivity index (χ3n) is 3.02. The van der Waals surface area contributed by atoms with Gasteiger partial charge in [0.2, 0.25) is 0 Å². The first kappa shape index (κ1) is 14.0. The number of amides is 1. The molecule has 0 aliphatic rings. The maximum Gasteiger partial charge on any atom is 0.272 e. The van der Waals surface area contributed by atoms with Crippen molar-refractivity contribution >= 4 is 11.7 Å². The van der Waals surface area contributed by atoms with E-state index in [1.165, 1.54) is 6.20 Å². The highest BCUT2D eigenvalue weighted by molar-refractivity contribution is 5.92. The standard InChI is InChI=1S/C14H18N4O2/c1-8-5-11(10(3)20-8)9(2)17-14(19)12-6-16-7-13(15-4)18-12/h5-7,9H,1-4H3,(H,15,18)(H,17,19). The van der Waals surface area contributed by atoms with Crippen molar-refractivity contribution in [2.45, 2.75) is 26.8 Å². The van der Waals surface area contributed by atoms with Gasteiger partial charge in [0.15, 0.2) is 0 Å². The number of furan rings is 1. The lowest BCUT2D eigenvalue weighted by Crippen LogP contribution is -2.27. The maximum atomic E-state index is 12.1. The van der Waals surface area contributed by atoms with Crippen LogP contribution in [0, 0.1) is 13.8 Å². The second-order valence-electron chi connectivity index (χ2n) is 4.60. The van der Waals surface area contributed by atoms with E-state index in [2.05, 4.69) is 20.6 Å². The molecule has 0 saturated heterocycles. The molecule has 0 aromatic carbocycles. The lowest BCUT2D eigenvalue weighted by Gasteiger charge is -2.13. The zero-order chi connectivity index (χ0) is 14.7. The van der Waals surface area contributed by atoms with Gasteiger partial charge in [0, 0.05) is 12.6 Å². The fourth-order valence-corrected chi connectivity index (χ4v) is 2.02. The second kappa shape index (κ2) is 5.73. The number of hydrogen-bond donors (Lipinski definition) is 2. The van der Waals surface area contributed by atoms with Gasteiger partial charge in [-0.2, -0.15) is 0 Å². The highest BCUT2D eigenvalue weighted by atomic mass is 16.3. The summed E-state index contributed by atoms with van der Waals surface area (Å²) in [7, 11) is 1.73. The van der Waals surface area contributed by atoms with Gasteiger partial charge >= 0.3 is 0 Å². The molecular weight excluding hydrogens is 256 g/mol. The minimum atomic E-state index is -0.264. The SMILES string of the molecule is CNc1cncc(C(=O)NC(C)c2cc(C)oc2C)n1. The lowest BCUT2D eigenvalue weighted by atomic mass is 10.1. The maximum absolute atomic E-state index is 12.1. The summed E-state index contributed by atoms with van der Waals surface area (Å²) in [6, 6.07) is 1.77. The van der Waals surface area contributed by atoms with Crippen LogP contribution < -0.4 is 10.6 Å². The van der Waals surface area contributed by atoms with Crippen LogP contribution in [0.5, 0.6) is 0 Å². The fraction of sp³-hybridized carbons (Fsp3) is 0.357. The first-order chi connectivity index (χ1) is 9.51. The molecule has 0 spiro atoms. The normalized spacial score (nSPS) is 12.0. The molecule has 2 heterocycles. The summed E-state index contributed by atoms with van der Waals surface area (Å²) in [5.41, 5.74) is 1.25. The van der Waals surface area contributed by atoms with Crippen molar-refractivity contribution in [3.63, 3.8) is 0 Å². The molecule has 2 rings (SSSR count). The predicted molar refractivity (Wildman–Crippen MR) is 75.6 cm³/mol. The molecule has 0 aliphatic carbocycles. The molecule has 1 amide bonds. The number of carbonyl (C=O) groups excluding carboxylic acids is 1. The van der Waals surface area contributed by atoms with E-state index in [4.69, 9.17) is 4.42 Å². The molecule has 0 aliphatic heterocycles. The number of anilines is 1. The van der Waals surface area contributed by atoms with E-state index in [0.717, 1.165) is 17.1 Å². The topological polar surface area (TPSA) is 80.0 Å². The van der Waals surface area contributed by atoms with Gasteiger partial charge in [0.25, 0.3) is 5.91 Å². The molecule has 2 aromatic heterocycles. The Labute approximate surface area is 117 Å². The number of carbonyl (C=O) groups is 1. The largest absolute Gasteiger partial charge is 0.466 e. The van der Waals surface area contributed by atoms with Crippen molar-refractivity contribution in [1.29, 1.82) is 0 Å². The monoisotopic (exact) mass is 274 g/mol. The third-order valence-corrected chi connectivity index (χ3v) is 3.02. The van der Waals surface area contributed by atoms with Gasteiger partial charge in [-0.25, -0.2) is 4.98 Å². The average molecular weight is 274 g/mol. The van der Waals surface area contributed by atoms with Crippen molar-refractivity contribution in [2.24, 2.45) is 0 Å². The Morgan fingerprint density at radius 3 is 2.70 bits per heavy atom. The Morgan fingerprint density at radius 2 is 2.10 bits per heavy atom. The summed E-state index contributed by atoms with van der Waals surface area (Å²) in [6.45, 7) is 5.67. The van der Waals surface area contributed by atoms with Crippen LogP contribution in [0.15, 0.2) is 22.9 Å². The van der Waals surface area contributed by atoms with E-state index in [0.29, 0.717) is 5.82 Å². The Hall–Kier alpha value is -2.37. The molecule has 106 valence electrons. The van der Waals surface area contributed by atoms with Crippen molar-refractivity contribution in [2.75, 3.05) is 12.4 Å². The Kier molecular flexibility index (Phi) is 4.02. The van der Waals surface area contributed by atoms with E-state index in [9.17, 15) is 4.79 Å². The summed E-state index contributed by atoms with van der Waals surface area (Å²) in [5, 5.41) is 5.74. The number of aryl methyl sites for hydroxylation is 2. The van der Waals surface area contributed by atoms with Crippen LogP contribution in [0.3, 0.4) is 0 Å². The van der Waals surface area contributed by atoms with Gasteiger partial charge in [0.05, 0.1) is 18.4 Å². The van der Waals surface area contributed by atoms with E-state index < -0.39 is 0 Å². The molecule has 1 atom stereocenters. The fourth-order valence-electron chi connectivity index (χ4n) is 2.02. The van der Waals surface area contributed by atoms with Crippen LogP contribution in [0.4, 0.5) is 5.82 Å². The van der Waals surface area contributed by atoms with Crippen LogP contribution in [-0.2, 0) is 0 Å². The smallest absolute Gasteiger partial charge is 0.272 e.